The molecule has 0 aromatic heterocycles. The van der Waals surface area contributed by atoms with Crippen LogP contribution in [0.4, 0.5) is 11.4 Å². The molecule has 5 heteroatoms. The topological polar surface area (TPSA) is 35.6 Å². The maximum atomic E-state index is 12.5. The van der Waals surface area contributed by atoms with Gasteiger partial charge in [0.2, 0.25) is 5.91 Å². The Labute approximate surface area is 153 Å². The molecule has 2 aromatic rings. The van der Waals surface area contributed by atoms with E-state index in [-0.39, 0.29) is 5.91 Å². The van der Waals surface area contributed by atoms with Crippen LogP contribution >= 0.6 is 11.6 Å². The van der Waals surface area contributed by atoms with Crippen LogP contribution in [0.2, 0.25) is 5.02 Å². The average Bonchev–Trinajstić information content (AvgIpc) is 2.66. The molecular weight excluding hydrogens is 334 g/mol. The van der Waals surface area contributed by atoms with Crippen LogP contribution < -0.4 is 15.1 Å². The van der Waals surface area contributed by atoms with Gasteiger partial charge in [0.1, 0.15) is 0 Å². The van der Waals surface area contributed by atoms with Gasteiger partial charge in [-0.1, -0.05) is 29.8 Å². The van der Waals surface area contributed by atoms with Gasteiger partial charge in [-0.05, 0) is 41.8 Å². The SMILES string of the molecule is O=C1CCc2ccccc2N1Cc1cc(N2CCNCC2)ccc1Cl. The Morgan fingerprint density at radius 2 is 1.84 bits per heavy atom. The normalized spacial score (nSPS) is 17.6. The van der Waals surface area contributed by atoms with Gasteiger partial charge in [0, 0.05) is 49.0 Å². The third kappa shape index (κ3) is 3.37. The van der Waals surface area contributed by atoms with E-state index in [1.165, 1.54) is 11.3 Å². The number of halogens is 1. The van der Waals surface area contributed by atoms with Gasteiger partial charge in [-0.25, -0.2) is 0 Å². The van der Waals surface area contributed by atoms with Crippen molar-refractivity contribution in [3.63, 3.8) is 0 Å². The largest absolute Gasteiger partial charge is 0.369 e. The molecule has 0 spiro atoms. The summed E-state index contributed by atoms with van der Waals surface area (Å²) in [6.07, 6.45) is 1.38. The molecule has 1 saturated heterocycles. The second-order valence-electron chi connectivity index (χ2n) is 6.62. The quantitative estimate of drug-likeness (QED) is 0.918. The predicted molar refractivity (Wildman–Crippen MR) is 102 cm³/mol. The van der Waals surface area contributed by atoms with Crippen molar-refractivity contribution < 1.29 is 4.79 Å². The molecule has 4 nitrogen and oxygen atoms in total. The summed E-state index contributed by atoms with van der Waals surface area (Å²) in [4.78, 5) is 16.8. The Hall–Kier alpha value is -2.04. The molecule has 1 amide bonds. The Kier molecular flexibility index (Phi) is 4.64. The van der Waals surface area contributed by atoms with Crippen LogP contribution in [0.5, 0.6) is 0 Å². The number of nitrogens with zero attached hydrogens (tertiary/aromatic N) is 2. The number of nitrogens with one attached hydrogen (secondary N) is 1. The number of carbonyl (C=O) groups is 1. The monoisotopic (exact) mass is 355 g/mol. The standard InChI is InChI=1S/C20H22ClN3O/c21-18-7-6-17(23-11-9-22-10-12-23)13-16(18)14-24-19-4-2-1-3-15(19)5-8-20(24)25/h1-4,6-7,13,22H,5,8-12,14H2. The number of anilines is 2. The van der Waals surface area contributed by atoms with E-state index in [1.54, 1.807) is 0 Å². The summed E-state index contributed by atoms with van der Waals surface area (Å²) < 4.78 is 0. The Balaban J connectivity index is 1.63. The number of carbonyl (C=O) groups excluding carboxylic acids is 1. The van der Waals surface area contributed by atoms with Crippen molar-refractivity contribution in [3.05, 3.63) is 58.6 Å². The molecule has 0 atom stereocenters. The highest BCUT2D eigenvalue weighted by Gasteiger charge is 2.24. The lowest BCUT2D eigenvalue weighted by molar-refractivity contribution is -0.119. The van der Waals surface area contributed by atoms with Crippen molar-refractivity contribution in [2.45, 2.75) is 19.4 Å². The van der Waals surface area contributed by atoms with Crippen molar-refractivity contribution in [1.82, 2.24) is 5.32 Å². The van der Waals surface area contributed by atoms with E-state index in [1.807, 2.05) is 29.2 Å². The molecule has 2 aliphatic rings. The molecule has 4 rings (SSSR count). The molecule has 2 aliphatic heterocycles. The number of benzene rings is 2. The van der Waals surface area contributed by atoms with Gasteiger partial charge < -0.3 is 15.1 Å². The first-order valence-electron chi connectivity index (χ1n) is 8.85. The number of hydrogen-bond donors (Lipinski definition) is 1. The average molecular weight is 356 g/mol. The molecule has 2 heterocycles. The van der Waals surface area contributed by atoms with Crippen molar-refractivity contribution in [2.75, 3.05) is 36.0 Å². The molecule has 25 heavy (non-hydrogen) atoms. The van der Waals surface area contributed by atoms with Gasteiger partial charge in [0.25, 0.3) is 0 Å². The Morgan fingerprint density at radius 1 is 1.04 bits per heavy atom. The summed E-state index contributed by atoms with van der Waals surface area (Å²) in [6, 6.07) is 14.3. The van der Waals surface area contributed by atoms with Crippen molar-refractivity contribution in [1.29, 1.82) is 0 Å². The molecule has 1 N–H and O–H groups in total. The number of aryl methyl sites for hydroxylation is 1. The maximum absolute atomic E-state index is 12.5. The molecule has 0 saturated carbocycles. The van der Waals surface area contributed by atoms with E-state index in [0.717, 1.165) is 48.9 Å². The molecule has 130 valence electrons. The minimum absolute atomic E-state index is 0.169. The Morgan fingerprint density at radius 3 is 2.68 bits per heavy atom. The molecule has 2 aromatic carbocycles. The fourth-order valence-corrected chi connectivity index (χ4v) is 3.82. The van der Waals surface area contributed by atoms with Gasteiger partial charge in [-0.3, -0.25) is 4.79 Å². The molecule has 1 fully saturated rings. The summed E-state index contributed by atoms with van der Waals surface area (Å²) in [6.45, 7) is 4.50. The first kappa shape index (κ1) is 16.4. The third-order valence-corrected chi connectivity index (χ3v) is 5.40. The number of piperazine rings is 1. The second-order valence-corrected chi connectivity index (χ2v) is 7.03. The molecule has 0 unspecified atom stereocenters. The first-order chi connectivity index (χ1) is 12.2. The first-order valence-corrected chi connectivity index (χ1v) is 9.22. The number of amides is 1. The van der Waals surface area contributed by atoms with Gasteiger partial charge >= 0.3 is 0 Å². The van der Waals surface area contributed by atoms with E-state index in [9.17, 15) is 4.79 Å². The van der Waals surface area contributed by atoms with Crippen LogP contribution in [0, 0.1) is 0 Å². The van der Waals surface area contributed by atoms with Crippen LogP contribution in [0.1, 0.15) is 17.5 Å². The van der Waals surface area contributed by atoms with E-state index in [4.69, 9.17) is 11.6 Å². The van der Waals surface area contributed by atoms with Crippen LogP contribution in [0.3, 0.4) is 0 Å². The number of rotatable bonds is 3. The number of hydrogen-bond acceptors (Lipinski definition) is 3. The lowest BCUT2D eigenvalue weighted by Gasteiger charge is -2.32. The summed E-state index contributed by atoms with van der Waals surface area (Å²) in [7, 11) is 0. The lowest BCUT2D eigenvalue weighted by Crippen LogP contribution is -2.43. The number of para-hydroxylation sites is 1. The van der Waals surface area contributed by atoms with Crippen LogP contribution in [0.25, 0.3) is 0 Å². The smallest absolute Gasteiger partial charge is 0.227 e. The van der Waals surface area contributed by atoms with E-state index < -0.39 is 0 Å². The minimum Gasteiger partial charge on any atom is -0.369 e. The minimum atomic E-state index is 0.169. The molecule has 0 aliphatic carbocycles. The van der Waals surface area contributed by atoms with Gasteiger partial charge in [-0.15, -0.1) is 0 Å². The maximum Gasteiger partial charge on any atom is 0.227 e. The summed E-state index contributed by atoms with van der Waals surface area (Å²) >= 11 is 6.46. The zero-order chi connectivity index (χ0) is 17.2. The molecular formula is C20H22ClN3O. The van der Waals surface area contributed by atoms with Gasteiger partial charge in [0.15, 0.2) is 0 Å². The molecule has 0 bridgehead atoms. The fourth-order valence-electron chi connectivity index (χ4n) is 3.64. The predicted octanol–water partition coefficient (Wildman–Crippen LogP) is 3.23. The summed E-state index contributed by atoms with van der Waals surface area (Å²) in [5, 5.41) is 4.09. The van der Waals surface area contributed by atoms with Crippen LogP contribution in [0.15, 0.2) is 42.5 Å². The second kappa shape index (κ2) is 7.06. The third-order valence-electron chi connectivity index (χ3n) is 5.03. The van der Waals surface area contributed by atoms with Gasteiger partial charge in [-0.2, -0.15) is 0 Å². The highest BCUT2D eigenvalue weighted by molar-refractivity contribution is 6.31. The molecule has 0 radical (unpaired) electrons. The van der Waals surface area contributed by atoms with Crippen molar-refractivity contribution >= 4 is 28.9 Å². The van der Waals surface area contributed by atoms with E-state index in [0.29, 0.717) is 13.0 Å². The highest BCUT2D eigenvalue weighted by atomic mass is 35.5. The zero-order valence-electron chi connectivity index (χ0n) is 14.2. The Bertz CT molecular complexity index is 786. The van der Waals surface area contributed by atoms with E-state index in [2.05, 4.69) is 28.4 Å². The van der Waals surface area contributed by atoms with Crippen LogP contribution in [-0.2, 0) is 17.8 Å². The lowest BCUT2D eigenvalue weighted by atomic mass is 10.0. The van der Waals surface area contributed by atoms with E-state index >= 15 is 0 Å². The fraction of sp³-hybridized carbons (Fsp3) is 0.350. The zero-order valence-corrected chi connectivity index (χ0v) is 14.9. The number of fused-ring (bicyclic) bond motifs is 1. The van der Waals surface area contributed by atoms with Crippen molar-refractivity contribution in [3.8, 4) is 0 Å². The summed E-state index contributed by atoms with van der Waals surface area (Å²) in [5.41, 5.74) is 4.43. The summed E-state index contributed by atoms with van der Waals surface area (Å²) in [5.74, 6) is 0.169. The van der Waals surface area contributed by atoms with Crippen LogP contribution in [-0.4, -0.2) is 32.1 Å². The highest BCUT2D eigenvalue weighted by Crippen LogP contribution is 2.31. The van der Waals surface area contributed by atoms with Gasteiger partial charge in [0.05, 0.1) is 6.54 Å². The van der Waals surface area contributed by atoms with Crippen molar-refractivity contribution in [2.24, 2.45) is 0 Å².